The minimum atomic E-state index is -2.98. The summed E-state index contributed by atoms with van der Waals surface area (Å²) in [6.45, 7) is 0. The first-order valence-electron chi connectivity index (χ1n) is 8.06. The van der Waals surface area contributed by atoms with Crippen molar-refractivity contribution in [2.24, 2.45) is 0 Å². The van der Waals surface area contributed by atoms with Gasteiger partial charge in [-0.2, -0.15) is 0 Å². The third kappa shape index (κ3) is 3.02. The monoisotopic (exact) mass is 426 g/mol. The maximum absolute atomic E-state index is 6.02. The van der Waals surface area contributed by atoms with Crippen LogP contribution < -0.4 is 0 Å². The second kappa shape index (κ2) is 7.97. The molecule has 24 heavy (non-hydrogen) atoms. The fourth-order valence-corrected chi connectivity index (χ4v) is 10.0. The van der Waals surface area contributed by atoms with Crippen LogP contribution in [0.25, 0.3) is 0 Å². The molecule has 2 nitrogen and oxygen atoms in total. The zero-order valence-electron chi connectivity index (χ0n) is 14.1. The molecule has 0 amide bonds. The van der Waals surface area contributed by atoms with Crippen molar-refractivity contribution in [3.8, 4) is 0 Å². The van der Waals surface area contributed by atoms with Crippen LogP contribution in [0.1, 0.15) is 16.7 Å². The SMILES string of the molecule is C[O][SnH]([O]C)[C](c1ccccc1)(c1ccccc1)c1ccccc1. The van der Waals surface area contributed by atoms with Gasteiger partial charge in [-0.1, -0.05) is 0 Å². The van der Waals surface area contributed by atoms with Crippen LogP contribution in [0.3, 0.4) is 0 Å². The second-order valence-corrected chi connectivity index (χ2v) is 12.8. The summed E-state index contributed by atoms with van der Waals surface area (Å²) in [5.41, 5.74) is 3.69. The van der Waals surface area contributed by atoms with Crippen molar-refractivity contribution in [3.05, 3.63) is 108 Å². The van der Waals surface area contributed by atoms with Gasteiger partial charge >= 0.3 is 152 Å². The van der Waals surface area contributed by atoms with Gasteiger partial charge in [0, 0.05) is 0 Å². The normalized spacial score (nSPS) is 11.6. The fraction of sp³-hybridized carbons (Fsp3) is 0.143. The molecule has 0 bridgehead atoms. The van der Waals surface area contributed by atoms with E-state index in [1.54, 1.807) is 14.2 Å². The van der Waals surface area contributed by atoms with Gasteiger partial charge in [-0.15, -0.1) is 0 Å². The van der Waals surface area contributed by atoms with E-state index in [-0.39, 0.29) is 3.43 Å². The standard InChI is InChI=1S/C19H15.2CH3O.Sn.H/c1-4-10-16(11-5-1)19(17-12-6-2-7-13-17)18-14-8-3-9-15-18;2*1-2;;/h1-15H;2*1H3;;/q;2*-1;+2;. The second-order valence-electron chi connectivity index (χ2n) is 5.71. The van der Waals surface area contributed by atoms with Crippen molar-refractivity contribution in [1.82, 2.24) is 0 Å². The molecule has 0 atom stereocenters. The number of benzene rings is 3. The first kappa shape index (κ1) is 17.2. The van der Waals surface area contributed by atoms with Gasteiger partial charge in [-0.05, 0) is 0 Å². The van der Waals surface area contributed by atoms with Crippen molar-refractivity contribution in [2.45, 2.75) is 3.43 Å². The van der Waals surface area contributed by atoms with Gasteiger partial charge in [-0.3, -0.25) is 0 Å². The first-order chi connectivity index (χ1) is 11.8. The summed E-state index contributed by atoms with van der Waals surface area (Å²) in [6, 6.07) is 31.8. The van der Waals surface area contributed by atoms with Crippen molar-refractivity contribution in [2.75, 3.05) is 14.2 Å². The minimum absolute atomic E-state index is 0.338. The molecule has 3 heteroatoms. The Kier molecular flexibility index (Phi) is 5.71. The Labute approximate surface area is 151 Å². The summed E-state index contributed by atoms with van der Waals surface area (Å²) in [7, 11) is 3.57. The van der Waals surface area contributed by atoms with Gasteiger partial charge in [0.25, 0.3) is 0 Å². The summed E-state index contributed by atoms with van der Waals surface area (Å²) >= 11 is -2.98. The molecule has 122 valence electrons. The zero-order chi connectivity index (χ0) is 16.8. The Morgan fingerprint density at radius 2 is 0.833 bits per heavy atom. The molecule has 0 spiro atoms. The van der Waals surface area contributed by atoms with Crippen molar-refractivity contribution in [1.29, 1.82) is 0 Å². The molecule has 3 aromatic rings. The van der Waals surface area contributed by atoms with Gasteiger partial charge < -0.3 is 0 Å². The number of rotatable bonds is 6. The summed E-state index contributed by atoms with van der Waals surface area (Å²) in [6.07, 6.45) is 0. The molecule has 0 aliphatic carbocycles. The quantitative estimate of drug-likeness (QED) is 0.438. The average molecular weight is 425 g/mol. The van der Waals surface area contributed by atoms with Crippen molar-refractivity contribution >= 4 is 20.6 Å². The Bertz CT molecular complexity index is 644. The Hall–Kier alpha value is -1.62. The summed E-state index contributed by atoms with van der Waals surface area (Å²) in [5.74, 6) is 0. The molecule has 0 N–H and O–H groups in total. The van der Waals surface area contributed by atoms with E-state index in [1.165, 1.54) is 16.7 Å². The van der Waals surface area contributed by atoms with Crippen molar-refractivity contribution < 1.29 is 6.15 Å². The van der Waals surface area contributed by atoms with E-state index in [2.05, 4.69) is 72.8 Å². The van der Waals surface area contributed by atoms with Crippen LogP contribution >= 0.6 is 0 Å². The third-order valence-electron chi connectivity index (χ3n) is 4.47. The zero-order valence-corrected chi connectivity index (χ0v) is 17.3. The molecular weight excluding hydrogens is 403 g/mol. The molecule has 0 saturated carbocycles. The first-order valence-corrected chi connectivity index (χ1v) is 12.4. The molecular formula is C21H22O2Sn. The van der Waals surface area contributed by atoms with Gasteiger partial charge in [0.1, 0.15) is 0 Å². The predicted octanol–water partition coefficient (Wildman–Crippen LogP) is 4.07. The Balaban J connectivity index is 2.37. The molecule has 3 rings (SSSR count). The van der Waals surface area contributed by atoms with E-state index < -0.39 is 20.6 Å². The molecule has 0 aromatic heterocycles. The third-order valence-corrected chi connectivity index (χ3v) is 11.8. The van der Waals surface area contributed by atoms with Gasteiger partial charge in [0.05, 0.1) is 0 Å². The summed E-state index contributed by atoms with van der Waals surface area (Å²) in [4.78, 5) is 0. The van der Waals surface area contributed by atoms with Gasteiger partial charge in [-0.25, -0.2) is 0 Å². The molecule has 0 aliphatic heterocycles. The van der Waals surface area contributed by atoms with Crippen LogP contribution in [0.5, 0.6) is 0 Å². The summed E-state index contributed by atoms with van der Waals surface area (Å²) < 4.78 is 11.7. The molecule has 0 saturated heterocycles. The fourth-order valence-electron chi connectivity index (χ4n) is 3.46. The molecule has 3 aromatic carbocycles. The average Bonchev–Trinajstić information content (AvgIpc) is 2.68. The topological polar surface area (TPSA) is 18.5 Å². The number of hydrogen-bond donors (Lipinski definition) is 0. The molecule has 0 aliphatic rings. The number of hydrogen-bond acceptors (Lipinski definition) is 2. The van der Waals surface area contributed by atoms with E-state index in [0.717, 1.165) is 0 Å². The van der Waals surface area contributed by atoms with E-state index in [9.17, 15) is 0 Å². The molecule has 0 fully saturated rings. The van der Waals surface area contributed by atoms with Crippen LogP contribution in [-0.2, 0) is 9.58 Å². The molecule has 0 heterocycles. The van der Waals surface area contributed by atoms with E-state index in [0.29, 0.717) is 0 Å². The van der Waals surface area contributed by atoms with Crippen LogP contribution in [0.2, 0.25) is 0 Å². The summed E-state index contributed by atoms with van der Waals surface area (Å²) in [5, 5.41) is 0. The van der Waals surface area contributed by atoms with Crippen LogP contribution in [0.4, 0.5) is 0 Å². The Morgan fingerprint density at radius 1 is 0.542 bits per heavy atom. The van der Waals surface area contributed by atoms with E-state index >= 15 is 0 Å². The van der Waals surface area contributed by atoms with E-state index in [1.807, 2.05) is 18.2 Å². The van der Waals surface area contributed by atoms with Crippen molar-refractivity contribution in [3.63, 3.8) is 0 Å². The van der Waals surface area contributed by atoms with Crippen LogP contribution in [0, 0.1) is 0 Å². The van der Waals surface area contributed by atoms with Gasteiger partial charge in [0.15, 0.2) is 0 Å². The Morgan fingerprint density at radius 3 is 1.08 bits per heavy atom. The van der Waals surface area contributed by atoms with Gasteiger partial charge in [0.2, 0.25) is 0 Å². The predicted molar refractivity (Wildman–Crippen MR) is 100 cm³/mol. The maximum atomic E-state index is 6.02. The molecule has 0 radical (unpaired) electrons. The van der Waals surface area contributed by atoms with Crippen LogP contribution in [-0.4, -0.2) is 34.8 Å². The molecule has 0 unspecified atom stereocenters. The van der Waals surface area contributed by atoms with Crippen LogP contribution in [0.15, 0.2) is 91.0 Å². The van der Waals surface area contributed by atoms with E-state index in [4.69, 9.17) is 6.15 Å².